The van der Waals surface area contributed by atoms with Crippen molar-refractivity contribution in [2.75, 3.05) is 59.2 Å². The molecule has 0 spiro atoms. The van der Waals surface area contributed by atoms with Gasteiger partial charge in [0.2, 0.25) is 5.91 Å². The second kappa shape index (κ2) is 11.5. The van der Waals surface area contributed by atoms with Crippen LogP contribution in [0.15, 0.2) is 0 Å². The number of halogens is 2. The molecule has 1 amide bonds. The van der Waals surface area contributed by atoms with Crippen LogP contribution in [-0.4, -0.2) is 91.9 Å². The summed E-state index contributed by atoms with van der Waals surface area (Å²) in [6, 6.07) is 0. The third-order valence-corrected chi connectivity index (χ3v) is 4.71. The van der Waals surface area contributed by atoms with Crippen molar-refractivity contribution in [3.05, 3.63) is 0 Å². The Kier molecular flexibility index (Phi) is 10.4. The van der Waals surface area contributed by atoms with Gasteiger partial charge >= 0.3 is 0 Å². The van der Waals surface area contributed by atoms with Gasteiger partial charge in [-0.15, -0.1) is 0 Å². The smallest absolute Gasteiger partial charge is 0.293 e. The van der Waals surface area contributed by atoms with Crippen LogP contribution >= 0.6 is 0 Å². The molecule has 1 aliphatic rings. The van der Waals surface area contributed by atoms with Gasteiger partial charge in [0.25, 0.3) is 5.92 Å². The fourth-order valence-corrected chi connectivity index (χ4v) is 3.19. The van der Waals surface area contributed by atoms with E-state index in [0.29, 0.717) is 6.61 Å². The van der Waals surface area contributed by atoms with Gasteiger partial charge in [-0.05, 0) is 60.9 Å². The predicted molar refractivity (Wildman–Crippen MR) is 111 cm³/mol. The lowest BCUT2D eigenvalue weighted by molar-refractivity contribution is -0.141. The van der Waals surface area contributed by atoms with Crippen LogP contribution in [-0.2, 0) is 14.3 Å². The number of unbranched alkanes of at least 4 members (excludes halogenated alkanes) is 1. The van der Waals surface area contributed by atoms with Gasteiger partial charge in [-0.3, -0.25) is 9.69 Å². The van der Waals surface area contributed by atoms with Crippen LogP contribution in [0.2, 0.25) is 0 Å². The first kappa shape index (κ1) is 26.2. The molecule has 29 heavy (non-hydrogen) atoms. The van der Waals surface area contributed by atoms with Crippen LogP contribution in [0.25, 0.3) is 0 Å². The first-order valence-corrected chi connectivity index (χ1v) is 10.6. The molecule has 0 aromatic rings. The Balaban J connectivity index is 2.05. The maximum absolute atomic E-state index is 13.8. The number of rotatable bonds is 11. The van der Waals surface area contributed by atoms with Gasteiger partial charge < -0.3 is 19.7 Å². The van der Waals surface area contributed by atoms with Gasteiger partial charge in [-0.2, -0.15) is 0 Å². The summed E-state index contributed by atoms with van der Waals surface area (Å²) >= 11 is 0. The zero-order chi connectivity index (χ0) is 22.1. The second-order valence-electron chi connectivity index (χ2n) is 9.91. The molecule has 0 unspecified atom stereocenters. The normalized spacial score (nSPS) is 17.5. The number of nitrogens with zero attached hydrogens (tertiary/aromatic N) is 2. The van der Waals surface area contributed by atoms with Crippen LogP contribution in [0, 0.1) is 0 Å². The average molecular weight is 422 g/mol. The molecule has 0 aromatic carbocycles. The number of hydrogen-bond acceptors (Lipinski definition) is 5. The molecule has 0 atom stereocenters. The van der Waals surface area contributed by atoms with E-state index in [-0.39, 0.29) is 12.1 Å². The Morgan fingerprint density at radius 2 is 1.52 bits per heavy atom. The molecule has 1 fully saturated rings. The summed E-state index contributed by atoms with van der Waals surface area (Å²) in [7, 11) is 0. The minimum Gasteiger partial charge on any atom is -0.375 e. The number of amides is 1. The number of piperazine rings is 1. The van der Waals surface area contributed by atoms with Crippen molar-refractivity contribution in [1.82, 2.24) is 15.1 Å². The predicted octanol–water partition coefficient (Wildman–Crippen LogP) is 2.77. The molecule has 0 saturated carbocycles. The summed E-state index contributed by atoms with van der Waals surface area (Å²) in [5, 5.41) is 2.66. The fraction of sp³-hybridized carbons (Fsp3) is 0.952. The zero-order valence-corrected chi connectivity index (χ0v) is 19.2. The molecule has 1 rings (SSSR count). The SMILES string of the molecule is CC(C)(C)NC(=O)COCC(F)(F)COCCCCN1CCN(C(C)(C)C)CC1. The van der Waals surface area contributed by atoms with Crippen molar-refractivity contribution < 1.29 is 23.0 Å². The Hall–Kier alpha value is -0.830. The van der Waals surface area contributed by atoms with Crippen LogP contribution in [0.1, 0.15) is 54.4 Å². The summed E-state index contributed by atoms with van der Waals surface area (Å²) in [6.07, 6.45) is 1.69. The maximum atomic E-state index is 13.8. The molecule has 0 bridgehead atoms. The molecule has 1 heterocycles. The lowest BCUT2D eigenvalue weighted by atomic mass is 10.0. The van der Waals surface area contributed by atoms with E-state index in [1.54, 1.807) is 0 Å². The molecule has 172 valence electrons. The Labute approximate surface area is 175 Å². The number of alkyl halides is 2. The van der Waals surface area contributed by atoms with Gasteiger partial charge in [0.1, 0.15) is 19.8 Å². The minimum atomic E-state index is -3.09. The van der Waals surface area contributed by atoms with Crippen LogP contribution in [0.4, 0.5) is 8.78 Å². The number of hydrogen-bond donors (Lipinski definition) is 1. The number of ether oxygens (including phenoxy) is 2. The highest BCUT2D eigenvalue weighted by Crippen LogP contribution is 2.16. The average Bonchev–Trinajstić information content (AvgIpc) is 2.55. The second-order valence-corrected chi connectivity index (χ2v) is 9.91. The third-order valence-electron chi connectivity index (χ3n) is 4.71. The molecule has 1 saturated heterocycles. The highest BCUT2D eigenvalue weighted by Gasteiger charge is 2.30. The van der Waals surface area contributed by atoms with Gasteiger partial charge in [-0.1, -0.05) is 0 Å². The monoisotopic (exact) mass is 421 g/mol. The standard InChI is InChI=1S/C21H41F2N3O3/c1-19(2,3)24-18(27)15-29-17-21(22,23)16-28-14-8-7-9-25-10-12-26(13-11-25)20(4,5)6/h7-17H2,1-6H3,(H,24,27). The van der Waals surface area contributed by atoms with Crippen molar-refractivity contribution in [2.24, 2.45) is 0 Å². The minimum absolute atomic E-state index is 0.214. The van der Waals surface area contributed by atoms with E-state index in [1.165, 1.54) is 0 Å². The summed E-state index contributed by atoms with van der Waals surface area (Å²) in [6.45, 7) is 15.8. The van der Waals surface area contributed by atoms with Crippen molar-refractivity contribution in [3.8, 4) is 0 Å². The lowest BCUT2D eigenvalue weighted by Gasteiger charge is -2.42. The molecule has 0 radical (unpaired) electrons. The quantitative estimate of drug-likeness (QED) is 0.520. The van der Waals surface area contributed by atoms with Crippen molar-refractivity contribution in [2.45, 2.75) is 71.4 Å². The number of carbonyl (C=O) groups is 1. The van der Waals surface area contributed by atoms with Crippen LogP contribution in [0.5, 0.6) is 0 Å². The van der Waals surface area contributed by atoms with E-state index >= 15 is 0 Å². The number of nitrogens with one attached hydrogen (secondary N) is 1. The van der Waals surface area contributed by atoms with Crippen molar-refractivity contribution in [3.63, 3.8) is 0 Å². The molecule has 8 heteroatoms. The van der Waals surface area contributed by atoms with Gasteiger partial charge in [0.05, 0.1) is 0 Å². The Bertz CT molecular complexity index is 483. The van der Waals surface area contributed by atoms with Crippen molar-refractivity contribution >= 4 is 5.91 Å². The van der Waals surface area contributed by atoms with E-state index in [1.807, 2.05) is 20.8 Å². The van der Waals surface area contributed by atoms with Crippen molar-refractivity contribution in [1.29, 1.82) is 0 Å². The zero-order valence-electron chi connectivity index (χ0n) is 19.2. The van der Waals surface area contributed by atoms with E-state index in [4.69, 9.17) is 9.47 Å². The maximum Gasteiger partial charge on any atom is 0.293 e. The largest absolute Gasteiger partial charge is 0.375 e. The van der Waals surface area contributed by atoms with Gasteiger partial charge in [0.15, 0.2) is 0 Å². The molecule has 6 nitrogen and oxygen atoms in total. The topological polar surface area (TPSA) is 54.0 Å². The molecular formula is C21H41F2N3O3. The number of carbonyl (C=O) groups excluding carboxylic acids is 1. The van der Waals surface area contributed by atoms with Gasteiger partial charge in [-0.25, -0.2) is 8.78 Å². The fourth-order valence-electron chi connectivity index (χ4n) is 3.19. The first-order valence-electron chi connectivity index (χ1n) is 10.6. The Morgan fingerprint density at radius 3 is 2.07 bits per heavy atom. The highest BCUT2D eigenvalue weighted by molar-refractivity contribution is 5.77. The van der Waals surface area contributed by atoms with Crippen LogP contribution in [0.3, 0.4) is 0 Å². The summed E-state index contributed by atoms with van der Waals surface area (Å²) in [5.41, 5.74) is -0.197. The molecule has 1 aliphatic heterocycles. The molecule has 0 aromatic heterocycles. The third kappa shape index (κ3) is 12.5. The van der Waals surface area contributed by atoms with E-state index in [2.05, 4.69) is 35.9 Å². The highest BCUT2D eigenvalue weighted by atomic mass is 19.3. The van der Waals surface area contributed by atoms with Gasteiger partial charge in [0, 0.05) is 43.9 Å². The molecular weight excluding hydrogens is 380 g/mol. The van der Waals surface area contributed by atoms with E-state index in [0.717, 1.165) is 45.6 Å². The van der Waals surface area contributed by atoms with E-state index < -0.39 is 30.6 Å². The summed E-state index contributed by atoms with van der Waals surface area (Å²) < 4.78 is 37.5. The Morgan fingerprint density at radius 1 is 0.931 bits per heavy atom. The summed E-state index contributed by atoms with van der Waals surface area (Å²) in [5.74, 6) is -3.50. The van der Waals surface area contributed by atoms with E-state index in [9.17, 15) is 13.6 Å². The van der Waals surface area contributed by atoms with Crippen LogP contribution < -0.4 is 5.32 Å². The lowest BCUT2D eigenvalue weighted by Crippen LogP contribution is -2.53. The first-order chi connectivity index (χ1) is 13.3. The molecule has 1 N–H and O–H groups in total. The summed E-state index contributed by atoms with van der Waals surface area (Å²) in [4.78, 5) is 16.5. The molecule has 0 aliphatic carbocycles.